The van der Waals surface area contributed by atoms with Gasteiger partial charge in [0.05, 0.1) is 5.01 Å². The van der Waals surface area contributed by atoms with Gasteiger partial charge in [-0.3, -0.25) is 0 Å². The Morgan fingerprint density at radius 3 is 2.78 bits per heavy atom. The molecule has 1 aromatic carbocycles. The fourth-order valence-corrected chi connectivity index (χ4v) is 2.80. The Balaban J connectivity index is 2.02. The maximum absolute atomic E-state index is 13.2. The Hall–Kier alpha value is -1.26. The summed E-state index contributed by atoms with van der Waals surface area (Å²) in [6.45, 7) is 3.96. The third-order valence-electron chi connectivity index (χ3n) is 2.90. The Kier molecular flexibility index (Phi) is 4.09. The van der Waals surface area contributed by atoms with Crippen molar-refractivity contribution < 1.29 is 4.39 Å². The van der Waals surface area contributed by atoms with Crippen LogP contribution in [-0.2, 0) is 12.8 Å². The standard InChI is InChI=1S/C14H17FN2S/c1-9-3-4-12(15)5-11(9)6-13(16)7-14-17-10(2)8-18-14/h3-5,8,13H,6-7,16H2,1-2H3. The monoisotopic (exact) mass is 264 g/mol. The van der Waals surface area contributed by atoms with Crippen molar-refractivity contribution in [3.05, 3.63) is 51.2 Å². The highest BCUT2D eigenvalue weighted by Gasteiger charge is 2.10. The second-order valence-electron chi connectivity index (χ2n) is 4.62. The molecular formula is C14H17FN2S. The van der Waals surface area contributed by atoms with Crippen LogP contribution in [0.1, 0.15) is 21.8 Å². The lowest BCUT2D eigenvalue weighted by molar-refractivity contribution is 0.616. The number of aryl methyl sites for hydroxylation is 2. The minimum absolute atomic E-state index is 0.0175. The second kappa shape index (κ2) is 5.59. The second-order valence-corrected chi connectivity index (χ2v) is 5.56. The van der Waals surface area contributed by atoms with E-state index in [9.17, 15) is 4.39 Å². The maximum Gasteiger partial charge on any atom is 0.123 e. The fraction of sp³-hybridized carbons (Fsp3) is 0.357. The minimum atomic E-state index is -0.201. The van der Waals surface area contributed by atoms with Crippen LogP contribution in [0.4, 0.5) is 4.39 Å². The molecule has 1 atom stereocenters. The molecule has 96 valence electrons. The Bertz CT molecular complexity index is 536. The van der Waals surface area contributed by atoms with E-state index in [1.807, 2.05) is 19.2 Å². The van der Waals surface area contributed by atoms with Crippen molar-refractivity contribution >= 4 is 11.3 Å². The summed E-state index contributed by atoms with van der Waals surface area (Å²) in [6.07, 6.45) is 1.43. The van der Waals surface area contributed by atoms with Crippen LogP contribution < -0.4 is 5.73 Å². The molecule has 1 aromatic heterocycles. The topological polar surface area (TPSA) is 38.9 Å². The Morgan fingerprint density at radius 2 is 2.11 bits per heavy atom. The number of aromatic nitrogens is 1. The molecule has 2 aromatic rings. The van der Waals surface area contributed by atoms with E-state index in [-0.39, 0.29) is 11.9 Å². The molecule has 0 amide bonds. The van der Waals surface area contributed by atoms with Gasteiger partial charge in [-0.1, -0.05) is 6.07 Å². The number of hydrogen-bond donors (Lipinski definition) is 1. The van der Waals surface area contributed by atoms with Gasteiger partial charge in [-0.25, -0.2) is 9.37 Å². The van der Waals surface area contributed by atoms with Gasteiger partial charge in [0.1, 0.15) is 5.82 Å². The summed E-state index contributed by atoms with van der Waals surface area (Å²) >= 11 is 1.63. The van der Waals surface area contributed by atoms with Crippen LogP contribution in [-0.4, -0.2) is 11.0 Å². The van der Waals surface area contributed by atoms with E-state index < -0.39 is 0 Å². The minimum Gasteiger partial charge on any atom is -0.327 e. The van der Waals surface area contributed by atoms with E-state index in [1.165, 1.54) is 6.07 Å². The van der Waals surface area contributed by atoms with Crippen molar-refractivity contribution in [2.45, 2.75) is 32.7 Å². The summed E-state index contributed by atoms with van der Waals surface area (Å²) in [6, 6.07) is 4.83. The molecule has 2 rings (SSSR count). The van der Waals surface area contributed by atoms with Crippen LogP contribution in [0.2, 0.25) is 0 Å². The maximum atomic E-state index is 13.2. The number of benzene rings is 1. The van der Waals surface area contributed by atoms with Gasteiger partial charge in [0, 0.05) is 23.5 Å². The van der Waals surface area contributed by atoms with Crippen LogP contribution in [0.5, 0.6) is 0 Å². The first-order valence-electron chi connectivity index (χ1n) is 5.96. The molecule has 0 spiro atoms. The van der Waals surface area contributed by atoms with Gasteiger partial charge < -0.3 is 5.73 Å². The number of nitrogens with zero attached hydrogens (tertiary/aromatic N) is 1. The average molecular weight is 264 g/mol. The molecule has 0 saturated heterocycles. The van der Waals surface area contributed by atoms with E-state index in [4.69, 9.17) is 5.73 Å². The van der Waals surface area contributed by atoms with Crippen molar-refractivity contribution in [1.29, 1.82) is 0 Å². The molecule has 1 heterocycles. The molecule has 0 fully saturated rings. The third kappa shape index (κ3) is 3.37. The van der Waals surface area contributed by atoms with E-state index in [2.05, 4.69) is 4.98 Å². The molecule has 0 aliphatic rings. The van der Waals surface area contributed by atoms with Crippen molar-refractivity contribution in [3.63, 3.8) is 0 Å². The van der Waals surface area contributed by atoms with Crippen molar-refractivity contribution in [3.8, 4) is 0 Å². The highest BCUT2D eigenvalue weighted by Crippen LogP contribution is 2.15. The van der Waals surface area contributed by atoms with E-state index >= 15 is 0 Å². The first-order valence-corrected chi connectivity index (χ1v) is 6.84. The molecular weight excluding hydrogens is 247 g/mol. The fourth-order valence-electron chi connectivity index (χ4n) is 1.94. The first-order chi connectivity index (χ1) is 8.54. The predicted octanol–water partition coefficient (Wildman–Crippen LogP) is 3.01. The zero-order valence-corrected chi connectivity index (χ0v) is 11.4. The average Bonchev–Trinajstić information content (AvgIpc) is 2.69. The normalized spacial score (nSPS) is 12.7. The third-order valence-corrected chi connectivity index (χ3v) is 3.89. The molecule has 0 bridgehead atoms. The van der Waals surface area contributed by atoms with Gasteiger partial charge in [-0.15, -0.1) is 11.3 Å². The van der Waals surface area contributed by atoms with Gasteiger partial charge in [0.25, 0.3) is 0 Å². The molecule has 0 radical (unpaired) electrons. The van der Waals surface area contributed by atoms with E-state index in [0.29, 0.717) is 6.42 Å². The summed E-state index contributed by atoms with van der Waals surface area (Å²) in [5, 5.41) is 3.07. The van der Waals surface area contributed by atoms with Gasteiger partial charge >= 0.3 is 0 Å². The SMILES string of the molecule is Cc1csc(CC(N)Cc2cc(F)ccc2C)n1. The summed E-state index contributed by atoms with van der Waals surface area (Å²) in [7, 11) is 0. The Morgan fingerprint density at radius 1 is 1.33 bits per heavy atom. The molecule has 2 nitrogen and oxygen atoms in total. The van der Waals surface area contributed by atoms with Crippen LogP contribution in [0.25, 0.3) is 0 Å². The van der Waals surface area contributed by atoms with E-state index in [0.717, 1.165) is 28.2 Å². The van der Waals surface area contributed by atoms with Crippen LogP contribution in [0, 0.1) is 19.7 Å². The number of thiazole rings is 1. The highest BCUT2D eigenvalue weighted by atomic mass is 32.1. The molecule has 0 aliphatic carbocycles. The molecule has 0 aliphatic heterocycles. The van der Waals surface area contributed by atoms with Gasteiger partial charge in [0.15, 0.2) is 0 Å². The summed E-state index contributed by atoms with van der Waals surface area (Å²) in [5.74, 6) is -0.201. The van der Waals surface area contributed by atoms with Gasteiger partial charge in [-0.05, 0) is 43.5 Å². The molecule has 2 N–H and O–H groups in total. The quantitative estimate of drug-likeness (QED) is 0.922. The lowest BCUT2D eigenvalue weighted by Crippen LogP contribution is -2.25. The van der Waals surface area contributed by atoms with Crippen molar-refractivity contribution in [2.75, 3.05) is 0 Å². The summed E-state index contributed by atoms with van der Waals surface area (Å²) in [5.41, 5.74) is 9.21. The number of halogens is 1. The molecule has 4 heteroatoms. The first kappa shape index (κ1) is 13.2. The number of hydrogen-bond acceptors (Lipinski definition) is 3. The molecule has 0 saturated carbocycles. The number of rotatable bonds is 4. The summed E-state index contributed by atoms with van der Waals surface area (Å²) in [4.78, 5) is 4.40. The van der Waals surface area contributed by atoms with Gasteiger partial charge in [0.2, 0.25) is 0 Å². The van der Waals surface area contributed by atoms with Crippen LogP contribution in [0.15, 0.2) is 23.6 Å². The summed E-state index contributed by atoms with van der Waals surface area (Å²) < 4.78 is 13.2. The predicted molar refractivity (Wildman–Crippen MR) is 73.4 cm³/mol. The van der Waals surface area contributed by atoms with Crippen LogP contribution in [0.3, 0.4) is 0 Å². The Labute approximate surface area is 111 Å². The van der Waals surface area contributed by atoms with E-state index in [1.54, 1.807) is 23.5 Å². The number of nitrogens with two attached hydrogens (primary N) is 1. The van der Waals surface area contributed by atoms with Crippen molar-refractivity contribution in [1.82, 2.24) is 4.98 Å². The highest BCUT2D eigenvalue weighted by molar-refractivity contribution is 7.09. The largest absolute Gasteiger partial charge is 0.327 e. The zero-order chi connectivity index (χ0) is 13.1. The lowest BCUT2D eigenvalue weighted by Gasteiger charge is -2.12. The van der Waals surface area contributed by atoms with Gasteiger partial charge in [-0.2, -0.15) is 0 Å². The lowest BCUT2D eigenvalue weighted by atomic mass is 10.00. The molecule has 1 unspecified atom stereocenters. The smallest absolute Gasteiger partial charge is 0.123 e. The zero-order valence-electron chi connectivity index (χ0n) is 10.6. The van der Waals surface area contributed by atoms with Crippen LogP contribution >= 0.6 is 11.3 Å². The molecule has 18 heavy (non-hydrogen) atoms. The van der Waals surface area contributed by atoms with Crippen molar-refractivity contribution in [2.24, 2.45) is 5.73 Å².